The molecule has 1 heterocycles. The van der Waals surface area contributed by atoms with Gasteiger partial charge in [-0.1, -0.05) is 0 Å². The van der Waals surface area contributed by atoms with Gasteiger partial charge in [-0.15, -0.1) is 0 Å². The second-order valence-corrected chi connectivity index (χ2v) is 4.19. The fraction of sp³-hybridized carbons (Fsp3) is 0.100. The van der Waals surface area contributed by atoms with Gasteiger partial charge in [-0.25, -0.2) is 0 Å². The lowest BCUT2D eigenvalue weighted by Crippen LogP contribution is -1.88. The summed E-state index contributed by atoms with van der Waals surface area (Å²) in [7, 11) is 0. The van der Waals surface area contributed by atoms with E-state index in [1.165, 1.54) is 0 Å². The van der Waals surface area contributed by atoms with Crippen molar-refractivity contribution in [3.63, 3.8) is 0 Å². The van der Waals surface area contributed by atoms with Crippen molar-refractivity contribution in [3.8, 4) is 0 Å². The summed E-state index contributed by atoms with van der Waals surface area (Å²) in [5.41, 5.74) is 1.79. The molecule has 1 aromatic heterocycles. The molecule has 0 aliphatic carbocycles. The van der Waals surface area contributed by atoms with E-state index in [1.54, 1.807) is 13.1 Å². The van der Waals surface area contributed by atoms with Gasteiger partial charge >= 0.3 is 0 Å². The molecular weight excluding hydrogens is 277 g/mol. The number of Topliss-reactive ketones (excluding diaryl/α,β-unsaturated/α-hetero) is 1. The molecular formula is C10H8INO. The Morgan fingerprint density at radius 2 is 2.23 bits per heavy atom. The SMILES string of the molecule is CC(=O)c1c[nH]c2ccc(I)cc12. The number of halogens is 1. The maximum absolute atomic E-state index is 11.2. The number of rotatable bonds is 1. The molecule has 2 nitrogen and oxygen atoms in total. The van der Waals surface area contributed by atoms with E-state index in [-0.39, 0.29) is 5.78 Å². The van der Waals surface area contributed by atoms with E-state index in [2.05, 4.69) is 27.6 Å². The minimum atomic E-state index is 0.105. The number of nitrogens with one attached hydrogen (secondary N) is 1. The maximum atomic E-state index is 11.2. The number of H-pyrrole nitrogens is 1. The van der Waals surface area contributed by atoms with Crippen LogP contribution in [0.3, 0.4) is 0 Å². The van der Waals surface area contributed by atoms with E-state index in [1.807, 2.05) is 18.2 Å². The molecule has 66 valence electrons. The van der Waals surface area contributed by atoms with Crippen LogP contribution in [0.5, 0.6) is 0 Å². The lowest BCUT2D eigenvalue weighted by molar-refractivity contribution is 0.101. The van der Waals surface area contributed by atoms with Gasteiger partial charge < -0.3 is 4.98 Å². The minimum absolute atomic E-state index is 0.105. The first-order valence-corrected chi connectivity index (χ1v) is 5.04. The van der Waals surface area contributed by atoms with E-state index in [9.17, 15) is 4.79 Å². The fourth-order valence-corrected chi connectivity index (χ4v) is 1.88. The highest BCUT2D eigenvalue weighted by Crippen LogP contribution is 2.20. The number of ketones is 1. The van der Waals surface area contributed by atoms with Gasteiger partial charge in [-0.3, -0.25) is 4.79 Å². The third-order valence-electron chi connectivity index (χ3n) is 2.02. The highest BCUT2D eigenvalue weighted by molar-refractivity contribution is 14.1. The standard InChI is InChI=1S/C10H8INO/c1-6(13)9-5-12-10-3-2-7(11)4-8(9)10/h2-5,12H,1H3. The molecule has 2 rings (SSSR count). The zero-order valence-corrected chi connectivity index (χ0v) is 9.25. The predicted octanol–water partition coefficient (Wildman–Crippen LogP) is 2.98. The quantitative estimate of drug-likeness (QED) is 0.634. The molecule has 0 atom stereocenters. The Labute approximate surface area is 89.5 Å². The van der Waals surface area contributed by atoms with Gasteiger partial charge in [0.25, 0.3) is 0 Å². The Bertz CT molecular complexity index is 473. The summed E-state index contributed by atoms with van der Waals surface area (Å²) in [4.78, 5) is 14.3. The Morgan fingerprint density at radius 3 is 2.92 bits per heavy atom. The van der Waals surface area contributed by atoms with E-state index in [4.69, 9.17) is 0 Å². The van der Waals surface area contributed by atoms with Gasteiger partial charge in [0.1, 0.15) is 0 Å². The summed E-state index contributed by atoms with van der Waals surface area (Å²) in [6.45, 7) is 1.59. The topological polar surface area (TPSA) is 32.9 Å². The molecule has 0 bridgehead atoms. The van der Waals surface area contributed by atoms with Gasteiger partial charge in [-0.05, 0) is 47.7 Å². The monoisotopic (exact) mass is 285 g/mol. The molecule has 3 heteroatoms. The molecule has 0 fully saturated rings. The average molecular weight is 285 g/mol. The highest BCUT2D eigenvalue weighted by atomic mass is 127. The van der Waals surface area contributed by atoms with Crippen molar-refractivity contribution in [2.75, 3.05) is 0 Å². The predicted molar refractivity (Wildman–Crippen MR) is 61.0 cm³/mol. The van der Waals surface area contributed by atoms with E-state index >= 15 is 0 Å². The number of carbonyl (C=O) groups excluding carboxylic acids is 1. The van der Waals surface area contributed by atoms with E-state index in [0.717, 1.165) is 20.0 Å². The number of benzene rings is 1. The number of fused-ring (bicyclic) bond motifs is 1. The van der Waals surface area contributed by atoms with E-state index in [0.29, 0.717) is 0 Å². The fourth-order valence-electron chi connectivity index (χ4n) is 1.38. The lowest BCUT2D eigenvalue weighted by atomic mass is 10.1. The third kappa shape index (κ3) is 1.48. The second-order valence-electron chi connectivity index (χ2n) is 2.95. The van der Waals surface area contributed by atoms with Crippen molar-refractivity contribution in [2.24, 2.45) is 0 Å². The molecule has 0 aliphatic rings. The molecule has 0 unspecified atom stereocenters. The van der Waals surface area contributed by atoms with Crippen molar-refractivity contribution in [1.82, 2.24) is 4.98 Å². The van der Waals surface area contributed by atoms with Gasteiger partial charge in [0.05, 0.1) is 0 Å². The summed E-state index contributed by atoms with van der Waals surface area (Å²) in [6.07, 6.45) is 1.77. The van der Waals surface area contributed by atoms with Crippen LogP contribution in [0.4, 0.5) is 0 Å². The number of aromatic nitrogens is 1. The zero-order valence-electron chi connectivity index (χ0n) is 7.10. The van der Waals surface area contributed by atoms with Crippen LogP contribution in [-0.2, 0) is 0 Å². The summed E-state index contributed by atoms with van der Waals surface area (Å²) in [5.74, 6) is 0.105. The Morgan fingerprint density at radius 1 is 1.46 bits per heavy atom. The molecule has 2 aromatic rings. The van der Waals surface area contributed by atoms with Crippen LogP contribution in [0, 0.1) is 3.57 Å². The van der Waals surface area contributed by atoms with Gasteiger partial charge in [0.15, 0.2) is 5.78 Å². The van der Waals surface area contributed by atoms with Crippen LogP contribution in [0.25, 0.3) is 10.9 Å². The number of hydrogen-bond acceptors (Lipinski definition) is 1. The van der Waals surface area contributed by atoms with Crippen LogP contribution >= 0.6 is 22.6 Å². The molecule has 1 aromatic carbocycles. The lowest BCUT2D eigenvalue weighted by Gasteiger charge is -1.93. The summed E-state index contributed by atoms with van der Waals surface area (Å²) in [5, 5.41) is 1.01. The second kappa shape index (κ2) is 3.14. The van der Waals surface area contributed by atoms with Gasteiger partial charge in [0, 0.05) is 26.2 Å². The average Bonchev–Trinajstić information content (AvgIpc) is 2.46. The first kappa shape index (κ1) is 8.74. The molecule has 1 N–H and O–H groups in total. The first-order chi connectivity index (χ1) is 6.18. The van der Waals surface area contributed by atoms with Crippen molar-refractivity contribution in [1.29, 1.82) is 0 Å². The molecule has 0 aliphatic heterocycles. The first-order valence-electron chi connectivity index (χ1n) is 3.96. The molecule has 0 spiro atoms. The molecule has 0 saturated carbocycles. The van der Waals surface area contributed by atoms with Crippen molar-refractivity contribution in [2.45, 2.75) is 6.92 Å². The molecule has 0 radical (unpaired) electrons. The Kier molecular flexibility index (Phi) is 2.11. The normalized spacial score (nSPS) is 10.6. The molecule has 13 heavy (non-hydrogen) atoms. The number of carbonyl (C=O) groups is 1. The minimum Gasteiger partial charge on any atom is -0.360 e. The van der Waals surface area contributed by atoms with Crippen molar-refractivity contribution in [3.05, 3.63) is 33.5 Å². The van der Waals surface area contributed by atoms with Crippen LogP contribution < -0.4 is 0 Å². The van der Waals surface area contributed by atoms with E-state index < -0.39 is 0 Å². The Hall–Kier alpha value is -0.840. The smallest absolute Gasteiger partial charge is 0.161 e. The summed E-state index contributed by atoms with van der Waals surface area (Å²) < 4.78 is 1.15. The van der Waals surface area contributed by atoms with Crippen molar-refractivity contribution >= 4 is 39.3 Å². The van der Waals surface area contributed by atoms with Gasteiger partial charge in [-0.2, -0.15) is 0 Å². The summed E-state index contributed by atoms with van der Waals surface area (Å²) >= 11 is 2.24. The Balaban J connectivity index is 2.79. The highest BCUT2D eigenvalue weighted by Gasteiger charge is 2.07. The summed E-state index contributed by atoms with van der Waals surface area (Å²) in [6, 6.07) is 6.02. The number of hydrogen-bond donors (Lipinski definition) is 1. The van der Waals surface area contributed by atoms with Crippen LogP contribution in [0.15, 0.2) is 24.4 Å². The van der Waals surface area contributed by atoms with Crippen LogP contribution in [0.2, 0.25) is 0 Å². The van der Waals surface area contributed by atoms with Crippen LogP contribution in [-0.4, -0.2) is 10.8 Å². The third-order valence-corrected chi connectivity index (χ3v) is 2.69. The maximum Gasteiger partial charge on any atom is 0.161 e. The largest absolute Gasteiger partial charge is 0.360 e. The zero-order chi connectivity index (χ0) is 9.42. The molecule has 0 saturated heterocycles. The van der Waals surface area contributed by atoms with Crippen molar-refractivity contribution < 1.29 is 4.79 Å². The van der Waals surface area contributed by atoms with Gasteiger partial charge in [0.2, 0.25) is 0 Å². The van der Waals surface area contributed by atoms with Crippen LogP contribution in [0.1, 0.15) is 17.3 Å². The number of aromatic amines is 1. The molecule has 0 amide bonds.